The third-order valence-electron chi connectivity index (χ3n) is 4.46. The van der Waals surface area contributed by atoms with Crippen LogP contribution in [-0.2, 0) is 16.0 Å². The van der Waals surface area contributed by atoms with Crippen molar-refractivity contribution in [2.75, 3.05) is 30.4 Å². The largest absolute Gasteiger partial charge is 0.379 e. The Morgan fingerprint density at radius 3 is 2.89 bits per heavy atom. The summed E-state index contributed by atoms with van der Waals surface area (Å²) in [7, 11) is 0. The predicted octanol–water partition coefficient (Wildman–Crippen LogP) is 3.26. The van der Waals surface area contributed by atoms with Gasteiger partial charge in [0, 0.05) is 36.4 Å². The van der Waals surface area contributed by atoms with Crippen LogP contribution in [0, 0.1) is 12.7 Å². The number of rotatable bonds is 4. The minimum absolute atomic E-state index is 0.0170. The first kappa shape index (κ1) is 19.5. The molecular weight excluding hydrogens is 371 g/mol. The van der Waals surface area contributed by atoms with E-state index in [9.17, 15) is 9.18 Å². The fourth-order valence-electron chi connectivity index (χ4n) is 3.30. The Kier molecular flexibility index (Phi) is 5.92. The molecule has 0 amide bonds. The lowest BCUT2D eigenvalue weighted by Crippen LogP contribution is -2.32. The third-order valence-corrected chi connectivity index (χ3v) is 4.78. The first-order chi connectivity index (χ1) is 12.8. The molecular formula is C19H22ClFN4O2. The molecule has 2 aromatic rings. The van der Waals surface area contributed by atoms with Gasteiger partial charge in [0.15, 0.2) is 0 Å². The molecule has 1 aliphatic heterocycles. The van der Waals surface area contributed by atoms with Crippen molar-refractivity contribution in [2.45, 2.75) is 32.7 Å². The number of aryl methyl sites for hydroxylation is 1. The van der Waals surface area contributed by atoms with Gasteiger partial charge in [0.25, 0.3) is 0 Å². The Morgan fingerprint density at radius 1 is 1.41 bits per heavy atom. The summed E-state index contributed by atoms with van der Waals surface area (Å²) in [6, 6.07) is 4.49. The van der Waals surface area contributed by atoms with Crippen molar-refractivity contribution in [1.82, 2.24) is 9.97 Å². The SMILES string of the molecule is CC(=O)Cc1cc([C@@H]2COCCCN2c2cc(C)nc(N)n2)c(Cl)cc1F. The van der Waals surface area contributed by atoms with Gasteiger partial charge in [0.1, 0.15) is 17.4 Å². The zero-order chi connectivity index (χ0) is 19.6. The van der Waals surface area contributed by atoms with Gasteiger partial charge in [-0.3, -0.25) is 4.79 Å². The second kappa shape index (κ2) is 8.19. The summed E-state index contributed by atoms with van der Waals surface area (Å²) in [5.41, 5.74) is 7.60. The highest BCUT2D eigenvalue weighted by molar-refractivity contribution is 6.31. The molecule has 2 heterocycles. The average molecular weight is 393 g/mol. The van der Waals surface area contributed by atoms with Gasteiger partial charge < -0.3 is 15.4 Å². The lowest BCUT2D eigenvalue weighted by Gasteiger charge is -2.31. The maximum absolute atomic E-state index is 14.2. The standard InChI is InChI=1S/C19H22ClFN4O2/c1-11-6-18(24-19(22)23-11)25-4-3-5-27-10-17(25)14-8-13(7-12(2)26)16(21)9-15(14)20/h6,8-9,17H,3-5,7,10H2,1-2H3,(H2,22,23,24)/t17-/m0/s1. The van der Waals surface area contributed by atoms with Gasteiger partial charge >= 0.3 is 0 Å². The molecule has 0 unspecified atom stereocenters. The van der Waals surface area contributed by atoms with E-state index >= 15 is 0 Å². The smallest absolute Gasteiger partial charge is 0.222 e. The molecule has 1 aromatic heterocycles. The van der Waals surface area contributed by atoms with Gasteiger partial charge in [-0.25, -0.2) is 9.37 Å². The van der Waals surface area contributed by atoms with E-state index in [1.807, 2.05) is 13.0 Å². The van der Waals surface area contributed by atoms with E-state index in [1.165, 1.54) is 13.0 Å². The highest BCUT2D eigenvalue weighted by Gasteiger charge is 2.28. The highest BCUT2D eigenvalue weighted by Crippen LogP contribution is 2.34. The monoisotopic (exact) mass is 392 g/mol. The minimum atomic E-state index is -0.484. The number of anilines is 2. The first-order valence-corrected chi connectivity index (χ1v) is 9.15. The summed E-state index contributed by atoms with van der Waals surface area (Å²) in [6.45, 7) is 4.93. The summed E-state index contributed by atoms with van der Waals surface area (Å²) >= 11 is 6.38. The van der Waals surface area contributed by atoms with Crippen LogP contribution in [0.25, 0.3) is 0 Å². The van der Waals surface area contributed by atoms with E-state index in [2.05, 4.69) is 14.9 Å². The molecule has 3 rings (SSSR count). The number of carbonyl (C=O) groups is 1. The zero-order valence-electron chi connectivity index (χ0n) is 15.3. The quantitative estimate of drug-likeness (QED) is 0.860. The lowest BCUT2D eigenvalue weighted by molar-refractivity contribution is -0.116. The fourth-order valence-corrected chi connectivity index (χ4v) is 3.58. The number of carbonyl (C=O) groups excluding carboxylic acids is 1. The second-order valence-corrected chi connectivity index (χ2v) is 7.11. The number of hydrogen-bond donors (Lipinski definition) is 1. The summed E-state index contributed by atoms with van der Waals surface area (Å²) in [4.78, 5) is 22.0. The molecule has 0 aliphatic carbocycles. The first-order valence-electron chi connectivity index (χ1n) is 8.78. The highest BCUT2D eigenvalue weighted by atomic mass is 35.5. The molecule has 1 atom stereocenters. The molecule has 1 saturated heterocycles. The Balaban J connectivity index is 2.06. The van der Waals surface area contributed by atoms with Crippen LogP contribution in [0.1, 0.15) is 36.2 Å². The molecule has 0 bridgehead atoms. The molecule has 0 spiro atoms. The number of ketones is 1. The molecule has 8 heteroatoms. The van der Waals surface area contributed by atoms with E-state index in [0.717, 1.165) is 12.1 Å². The number of benzene rings is 1. The van der Waals surface area contributed by atoms with Crippen molar-refractivity contribution in [1.29, 1.82) is 0 Å². The number of Topliss-reactive ketones (excluding diaryl/α,β-unsaturated/α-hetero) is 1. The van der Waals surface area contributed by atoms with E-state index in [4.69, 9.17) is 22.1 Å². The third kappa shape index (κ3) is 4.54. The van der Waals surface area contributed by atoms with Crippen LogP contribution < -0.4 is 10.6 Å². The van der Waals surface area contributed by atoms with Gasteiger partial charge in [0.2, 0.25) is 5.95 Å². The topological polar surface area (TPSA) is 81.3 Å². The predicted molar refractivity (Wildman–Crippen MR) is 102 cm³/mol. The van der Waals surface area contributed by atoms with Crippen LogP contribution in [0.5, 0.6) is 0 Å². The summed E-state index contributed by atoms with van der Waals surface area (Å²) in [5.74, 6) is 0.262. The number of nitrogens with zero attached hydrogens (tertiary/aromatic N) is 3. The number of halogens is 2. The van der Waals surface area contributed by atoms with Gasteiger partial charge in [0.05, 0.1) is 12.6 Å². The Labute approximate surface area is 162 Å². The van der Waals surface area contributed by atoms with E-state index in [1.54, 1.807) is 6.07 Å². The fraction of sp³-hybridized carbons (Fsp3) is 0.421. The van der Waals surface area contributed by atoms with Crippen molar-refractivity contribution in [2.24, 2.45) is 0 Å². The molecule has 0 radical (unpaired) electrons. The number of ether oxygens (including phenoxy) is 1. The Bertz CT molecular complexity index is 842. The van der Waals surface area contributed by atoms with E-state index < -0.39 is 5.82 Å². The number of nitrogens with two attached hydrogens (primary N) is 1. The van der Waals surface area contributed by atoms with Crippen LogP contribution in [0.15, 0.2) is 18.2 Å². The van der Waals surface area contributed by atoms with Crippen molar-refractivity contribution in [3.63, 3.8) is 0 Å². The molecule has 144 valence electrons. The van der Waals surface area contributed by atoms with E-state index in [0.29, 0.717) is 41.7 Å². The van der Waals surface area contributed by atoms with Crippen LogP contribution in [-0.4, -0.2) is 35.5 Å². The summed E-state index contributed by atoms with van der Waals surface area (Å²) < 4.78 is 20.0. The minimum Gasteiger partial charge on any atom is -0.379 e. The summed E-state index contributed by atoms with van der Waals surface area (Å²) in [5, 5.41) is 0.291. The van der Waals surface area contributed by atoms with Crippen LogP contribution in [0.3, 0.4) is 0 Å². The van der Waals surface area contributed by atoms with Crippen LogP contribution >= 0.6 is 11.6 Å². The second-order valence-electron chi connectivity index (χ2n) is 6.71. The molecule has 1 fully saturated rings. The summed E-state index contributed by atoms with van der Waals surface area (Å²) in [6.07, 6.45) is 0.821. The Morgan fingerprint density at radius 2 is 2.19 bits per heavy atom. The van der Waals surface area contributed by atoms with Crippen molar-refractivity contribution < 1.29 is 13.9 Å². The van der Waals surface area contributed by atoms with Crippen molar-refractivity contribution in [3.8, 4) is 0 Å². The molecule has 27 heavy (non-hydrogen) atoms. The lowest BCUT2D eigenvalue weighted by atomic mass is 9.99. The maximum Gasteiger partial charge on any atom is 0.222 e. The van der Waals surface area contributed by atoms with Crippen LogP contribution in [0.4, 0.5) is 16.2 Å². The molecule has 6 nitrogen and oxygen atoms in total. The number of aromatic nitrogens is 2. The number of hydrogen-bond acceptors (Lipinski definition) is 6. The average Bonchev–Trinajstić information content (AvgIpc) is 2.82. The van der Waals surface area contributed by atoms with E-state index in [-0.39, 0.29) is 24.2 Å². The van der Waals surface area contributed by atoms with Crippen LogP contribution in [0.2, 0.25) is 5.02 Å². The van der Waals surface area contributed by atoms with Gasteiger partial charge in [-0.05, 0) is 43.5 Å². The van der Waals surface area contributed by atoms with Gasteiger partial charge in [-0.15, -0.1) is 0 Å². The molecule has 0 saturated carbocycles. The number of nitrogen functional groups attached to an aromatic ring is 1. The maximum atomic E-state index is 14.2. The van der Waals surface area contributed by atoms with Gasteiger partial charge in [-0.2, -0.15) is 4.98 Å². The van der Waals surface area contributed by atoms with Crippen molar-refractivity contribution >= 4 is 29.2 Å². The zero-order valence-corrected chi connectivity index (χ0v) is 16.1. The molecule has 1 aromatic carbocycles. The molecule has 2 N–H and O–H groups in total. The molecule has 1 aliphatic rings. The normalized spacial score (nSPS) is 17.6. The van der Waals surface area contributed by atoms with Gasteiger partial charge in [-0.1, -0.05) is 11.6 Å². The Hall–Kier alpha value is -2.25. The van der Waals surface area contributed by atoms with Crippen molar-refractivity contribution in [3.05, 3.63) is 45.9 Å².